The molecule has 0 unspecified atom stereocenters. The third-order valence-electron chi connectivity index (χ3n) is 6.12. The van der Waals surface area contributed by atoms with E-state index in [9.17, 15) is 13.2 Å². The molecule has 1 aliphatic heterocycles. The highest BCUT2D eigenvalue weighted by molar-refractivity contribution is 9.10. The number of halogens is 1. The van der Waals surface area contributed by atoms with Gasteiger partial charge in [0, 0.05) is 22.3 Å². The molecule has 0 aliphatic carbocycles. The van der Waals surface area contributed by atoms with Gasteiger partial charge in [0.15, 0.2) is 5.84 Å². The van der Waals surface area contributed by atoms with Crippen LogP contribution in [0.5, 0.6) is 11.5 Å². The van der Waals surface area contributed by atoms with Crippen LogP contribution in [0, 0.1) is 6.92 Å². The smallest absolute Gasteiger partial charge is 0.343 e. The number of amidine groups is 1. The summed E-state index contributed by atoms with van der Waals surface area (Å²) in [7, 11) is -2.24. The van der Waals surface area contributed by atoms with Crippen molar-refractivity contribution in [2.24, 2.45) is 4.40 Å². The summed E-state index contributed by atoms with van der Waals surface area (Å²) in [5, 5.41) is 0. The van der Waals surface area contributed by atoms with Crippen molar-refractivity contribution in [2.45, 2.75) is 18.4 Å². The second-order valence-electron chi connectivity index (χ2n) is 8.67. The average Bonchev–Trinajstić information content (AvgIpc) is 3.19. The quantitative estimate of drug-likeness (QED) is 0.198. The summed E-state index contributed by atoms with van der Waals surface area (Å²) in [5.74, 6) is 0.942. The van der Waals surface area contributed by atoms with Crippen molar-refractivity contribution in [1.29, 1.82) is 0 Å². The first kappa shape index (κ1) is 25.7. The summed E-state index contributed by atoms with van der Waals surface area (Å²) in [6.45, 7) is 2.22. The lowest BCUT2D eigenvalue weighted by molar-refractivity contribution is 0.0734. The van der Waals surface area contributed by atoms with Crippen molar-refractivity contribution >= 4 is 43.4 Å². The van der Waals surface area contributed by atoms with Gasteiger partial charge in [0.25, 0.3) is 10.0 Å². The van der Waals surface area contributed by atoms with Gasteiger partial charge in [-0.1, -0.05) is 46.3 Å². The number of methoxy groups -OCH3 is 1. The molecule has 192 valence electrons. The van der Waals surface area contributed by atoms with E-state index in [-0.39, 0.29) is 4.90 Å². The Hall–Kier alpha value is -3.95. The zero-order valence-electron chi connectivity index (χ0n) is 20.6. The van der Waals surface area contributed by atoms with Gasteiger partial charge in [-0.05, 0) is 78.7 Å². The van der Waals surface area contributed by atoms with Crippen LogP contribution in [0.4, 0.5) is 5.69 Å². The Balaban J connectivity index is 1.50. The van der Waals surface area contributed by atoms with Gasteiger partial charge in [-0.15, -0.1) is 4.40 Å². The molecule has 9 heteroatoms. The Bertz CT molecular complexity index is 1650. The van der Waals surface area contributed by atoms with Crippen molar-refractivity contribution in [3.05, 3.63) is 118 Å². The van der Waals surface area contributed by atoms with Crippen molar-refractivity contribution in [3.8, 4) is 11.5 Å². The molecular weight excluding hydrogens is 568 g/mol. The van der Waals surface area contributed by atoms with Crippen LogP contribution in [0.15, 0.2) is 105 Å². The Morgan fingerprint density at radius 2 is 1.61 bits per heavy atom. The third-order valence-corrected chi connectivity index (χ3v) is 7.92. The molecular formula is C29H23BrN2O5S. The first-order valence-electron chi connectivity index (χ1n) is 11.7. The summed E-state index contributed by atoms with van der Waals surface area (Å²) in [6, 6.07) is 26.6. The van der Waals surface area contributed by atoms with Gasteiger partial charge in [0.05, 0.1) is 12.7 Å². The summed E-state index contributed by atoms with van der Waals surface area (Å²) in [6.07, 6.45) is 0. The van der Waals surface area contributed by atoms with E-state index in [4.69, 9.17) is 9.47 Å². The highest BCUT2D eigenvalue weighted by Gasteiger charge is 2.34. The summed E-state index contributed by atoms with van der Waals surface area (Å²) in [5.41, 5.74) is 3.42. The molecule has 0 radical (unpaired) electrons. The second kappa shape index (κ2) is 10.4. The lowest BCUT2D eigenvalue weighted by Crippen LogP contribution is -2.30. The summed E-state index contributed by atoms with van der Waals surface area (Å²) >= 11 is 3.36. The summed E-state index contributed by atoms with van der Waals surface area (Å²) < 4.78 is 41.6. The molecule has 0 saturated carbocycles. The largest absolute Gasteiger partial charge is 0.497 e. The van der Waals surface area contributed by atoms with E-state index in [2.05, 4.69) is 20.3 Å². The van der Waals surface area contributed by atoms with E-state index in [0.29, 0.717) is 34.9 Å². The van der Waals surface area contributed by atoms with Crippen LogP contribution in [-0.2, 0) is 16.6 Å². The van der Waals surface area contributed by atoms with E-state index >= 15 is 0 Å². The Morgan fingerprint density at radius 1 is 0.921 bits per heavy atom. The number of ether oxygens (including phenoxy) is 2. The number of aryl methyl sites for hydroxylation is 1. The van der Waals surface area contributed by atoms with Crippen LogP contribution in [0.1, 0.15) is 27.0 Å². The number of nitrogens with zero attached hydrogens (tertiary/aromatic N) is 2. The van der Waals surface area contributed by atoms with Crippen LogP contribution in [0.3, 0.4) is 0 Å². The van der Waals surface area contributed by atoms with Crippen LogP contribution in [-0.4, -0.2) is 27.3 Å². The predicted octanol–water partition coefficient (Wildman–Crippen LogP) is 6.14. The Labute approximate surface area is 229 Å². The number of sulfonamides is 1. The number of rotatable bonds is 6. The maximum absolute atomic E-state index is 12.9. The molecule has 0 N–H and O–H groups in total. The van der Waals surface area contributed by atoms with E-state index in [0.717, 1.165) is 21.3 Å². The Kier molecular flexibility index (Phi) is 7.05. The number of fused-ring (bicyclic) bond motifs is 1. The number of carbonyl (C=O) groups is 1. The monoisotopic (exact) mass is 590 g/mol. The van der Waals surface area contributed by atoms with Gasteiger partial charge < -0.3 is 14.4 Å². The maximum atomic E-state index is 12.9. The van der Waals surface area contributed by atoms with Crippen LogP contribution >= 0.6 is 15.9 Å². The topological polar surface area (TPSA) is 85.3 Å². The van der Waals surface area contributed by atoms with Crippen molar-refractivity contribution in [3.63, 3.8) is 0 Å². The molecule has 0 fully saturated rings. The summed E-state index contributed by atoms with van der Waals surface area (Å²) in [4.78, 5) is 14.6. The highest BCUT2D eigenvalue weighted by Crippen LogP contribution is 2.34. The first-order valence-corrected chi connectivity index (χ1v) is 13.9. The van der Waals surface area contributed by atoms with Gasteiger partial charge >= 0.3 is 5.97 Å². The molecule has 1 heterocycles. The standard InChI is InChI=1S/C29H23BrN2O5S/c1-19-5-3-8-26-27(19)28(31-38(26,34)35)32(18-20-9-13-24(36-2)14-10-20)23-11-15-25(16-12-23)37-29(33)21-6-4-7-22(30)17-21/h3-17H,18H2,1-2H3. The molecule has 0 spiro atoms. The Morgan fingerprint density at radius 3 is 2.29 bits per heavy atom. The number of benzene rings is 4. The molecule has 0 atom stereocenters. The molecule has 4 aromatic carbocycles. The zero-order valence-corrected chi connectivity index (χ0v) is 23.0. The van der Waals surface area contributed by atoms with Gasteiger partial charge in [0.1, 0.15) is 16.4 Å². The first-order chi connectivity index (χ1) is 18.2. The molecule has 0 saturated heterocycles. The average molecular weight is 591 g/mol. The van der Waals surface area contributed by atoms with E-state index in [1.54, 1.807) is 61.7 Å². The minimum absolute atomic E-state index is 0.187. The molecule has 4 aromatic rings. The molecule has 0 bridgehead atoms. The van der Waals surface area contributed by atoms with Gasteiger partial charge in [-0.3, -0.25) is 0 Å². The fourth-order valence-corrected chi connectivity index (χ4v) is 5.89. The van der Waals surface area contributed by atoms with E-state index in [1.165, 1.54) is 0 Å². The van der Waals surface area contributed by atoms with Gasteiger partial charge in [-0.25, -0.2) is 4.79 Å². The minimum atomic E-state index is -3.84. The number of hydrogen-bond donors (Lipinski definition) is 0. The predicted molar refractivity (Wildman–Crippen MR) is 150 cm³/mol. The normalized spacial score (nSPS) is 13.4. The third kappa shape index (κ3) is 5.20. The van der Waals surface area contributed by atoms with Crippen molar-refractivity contribution in [1.82, 2.24) is 0 Å². The van der Waals surface area contributed by atoms with Crippen LogP contribution in [0.25, 0.3) is 0 Å². The molecule has 0 aromatic heterocycles. The number of carbonyl (C=O) groups excluding carboxylic acids is 1. The van der Waals surface area contributed by atoms with Gasteiger partial charge in [0.2, 0.25) is 0 Å². The maximum Gasteiger partial charge on any atom is 0.343 e. The fourth-order valence-electron chi connectivity index (χ4n) is 4.21. The molecule has 7 nitrogen and oxygen atoms in total. The lowest BCUT2D eigenvalue weighted by Gasteiger charge is -2.26. The SMILES string of the molecule is COc1ccc(CN(C2=NS(=O)(=O)c3cccc(C)c32)c2ccc(OC(=O)c3cccc(Br)c3)cc2)cc1. The molecule has 1 aliphatic rings. The lowest BCUT2D eigenvalue weighted by atomic mass is 10.1. The van der Waals surface area contributed by atoms with Crippen molar-refractivity contribution in [2.75, 3.05) is 12.0 Å². The second-order valence-corrected chi connectivity index (χ2v) is 11.2. The fraction of sp³-hybridized carbons (Fsp3) is 0.103. The zero-order chi connectivity index (χ0) is 26.9. The highest BCUT2D eigenvalue weighted by atomic mass is 79.9. The van der Waals surface area contributed by atoms with E-state index < -0.39 is 16.0 Å². The molecule has 5 rings (SSSR count). The van der Waals surface area contributed by atoms with Crippen LogP contribution < -0.4 is 14.4 Å². The molecule has 38 heavy (non-hydrogen) atoms. The molecule has 0 amide bonds. The number of esters is 1. The minimum Gasteiger partial charge on any atom is -0.497 e. The number of anilines is 1. The van der Waals surface area contributed by atoms with Gasteiger partial charge in [-0.2, -0.15) is 8.42 Å². The van der Waals surface area contributed by atoms with E-state index in [1.807, 2.05) is 48.2 Å². The number of hydrogen-bond acceptors (Lipinski definition) is 6. The van der Waals surface area contributed by atoms with Crippen molar-refractivity contribution < 1.29 is 22.7 Å². The van der Waals surface area contributed by atoms with Crippen LogP contribution in [0.2, 0.25) is 0 Å².